The number of nitrogens with two attached hydrogens (primary N) is 2. The average molecular weight is 619 g/mol. The lowest BCUT2D eigenvalue weighted by Gasteiger charge is -2.18. The lowest BCUT2D eigenvalue weighted by atomic mass is 10.1. The molecule has 0 bridgehead atoms. The van der Waals surface area contributed by atoms with Gasteiger partial charge in [-0.25, -0.2) is 14.4 Å². The van der Waals surface area contributed by atoms with Crippen LogP contribution < -0.4 is 31.1 Å². The average Bonchev–Trinajstić information content (AvgIpc) is 3.76. The van der Waals surface area contributed by atoms with E-state index in [0.717, 1.165) is 34.6 Å². The molecule has 6 rings (SSSR count). The minimum Gasteiger partial charge on any atom is -0.465 e. The number of cyclic esters (lactones) is 2. The van der Waals surface area contributed by atoms with E-state index in [-0.39, 0.29) is 44.0 Å². The van der Waals surface area contributed by atoms with Crippen molar-refractivity contribution in [1.29, 1.82) is 0 Å². The molecule has 4 heterocycles. The normalized spacial score (nSPS) is 19.9. The number of anilines is 4. The Morgan fingerprint density at radius 2 is 1.28 bits per heavy atom. The summed E-state index contributed by atoms with van der Waals surface area (Å²) in [7, 11) is 0. The van der Waals surface area contributed by atoms with Crippen molar-refractivity contribution in [1.82, 2.24) is 0 Å². The van der Waals surface area contributed by atoms with Gasteiger partial charge in [-0.2, -0.15) is 0 Å². The van der Waals surface area contributed by atoms with Crippen LogP contribution in [0.25, 0.3) is 0 Å². The van der Waals surface area contributed by atoms with Gasteiger partial charge in [0.25, 0.3) is 0 Å². The summed E-state index contributed by atoms with van der Waals surface area (Å²) in [5, 5.41) is 9.08. The fraction of sp³-hybridized carbons (Fsp3) is 0.448. The predicted octanol–water partition coefficient (Wildman–Crippen LogP) is 3.34. The van der Waals surface area contributed by atoms with E-state index in [1.165, 1.54) is 9.80 Å². The quantitative estimate of drug-likeness (QED) is 0.454. The molecule has 14 heteroatoms. The molecule has 0 aromatic heterocycles. The van der Waals surface area contributed by atoms with E-state index in [1.54, 1.807) is 17.0 Å². The van der Waals surface area contributed by atoms with E-state index in [2.05, 4.69) is 0 Å². The van der Waals surface area contributed by atoms with Crippen molar-refractivity contribution in [2.24, 2.45) is 11.5 Å². The third-order valence-electron chi connectivity index (χ3n) is 7.65. The highest BCUT2D eigenvalue weighted by atomic mass is 35.5. The molecule has 234 valence electrons. The summed E-state index contributed by atoms with van der Waals surface area (Å²) in [5.41, 5.74) is 16.2. The first-order valence-electron chi connectivity index (χ1n) is 13.7. The topological polar surface area (TPSA) is 172 Å². The maximum atomic E-state index is 11.9. The van der Waals surface area contributed by atoms with Crippen molar-refractivity contribution in [3.8, 4) is 0 Å². The first kappa shape index (κ1) is 33.4. The number of fused-ring (bicyclic) bond motifs is 2. The first-order valence-corrected chi connectivity index (χ1v) is 13.7. The summed E-state index contributed by atoms with van der Waals surface area (Å²) < 4.78 is 10.3. The van der Waals surface area contributed by atoms with Crippen LogP contribution in [0.4, 0.5) is 37.1 Å². The van der Waals surface area contributed by atoms with Crippen molar-refractivity contribution in [2.75, 3.05) is 58.9 Å². The molecule has 13 nitrogen and oxygen atoms in total. The Balaban J connectivity index is 0.000000225. The van der Waals surface area contributed by atoms with E-state index in [0.29, 0.717) is 57.8 Å². The molecule has 0 radical (unpaired) electrons. The number of halogens is 1. The van der Waals surface area contributed by atoms with Gasteiger partial charge in [0.15, 0.2) is 0 Å². The molecule has 2 saturated heterocycles. The number of ether oxygens (including phenoxy) is 2. The summed E-state index contributed by atoms with van der Waals surface area (Å²) >= 11 is 0. The molecule has 5 N–H and O–H groups in total. The molecule has 43 heavy (non-hydrogen) atoms. The molecular formula is C29H39ClN6O7. The standard InChI is InChI=1S/C15H19N3O3.C13H15N3O4.CH4.ClH/c1-2-14(19)17-6-5-10-7-11(3-4-13(10)17)18-9-12(8-16)21-15(18)20;14-6-10-7-16(13(19)20-10)9-1-2-11-8(5-9)3-4-15(11)12(17)18;;/h3-4,7,12H,2,5-6,8-9,16H2,1H3;1-2,5,10H,3-4,6-7,14H2,(H,17,18);1H4;1H/t12-;10-;;/m00../s1. The van der Waals surface area contributed by atoms with E-state index in [4.69, 9.17) is 26.0 Å². The van der Waals surface area contributed by atoms with Crippen molar-refractivity contribution in [3.63, 3.8) is 0 Å². The van der Waals surface area contributed by atoms with Crippen molar-refractivity contribution >= 4 is 59.3 Å². The highest BCUT2D eigenvalue weighted by Crippen LogP contribution is 2.34. The fourth-order valence-corrected chi connectivity index (χ4v) is 5.47. The lowest BCUT2D eigenvalue weighted by Crippen LogP contribution is -2.28. The second-order valence-electron chi connectivity index (χ2n) is 10.2. The number of carboxylic acid groups (broad SMARTS) is 1. The number of carbonyl (C=O) groups is 4. The SMILES string of the molecule is C.CCC(=O)N1CCc2cc(N3C[C@H](CN)OC3=O)ccc21.Cl.NC[C@H]1CN(c2ccc3c(c2)CCN3C(=O)O)C(=O)O1. The van der Waals surface area contributed by atoms with E-state index >= 15 is 0 Å². The zero-order valence-corrected chi connectivity index (χ0v) is 24.0. The van der Waals surface area contributed by atoms with Crippen molar-refractivity contribution < 1.29 is 33.8 Å². The molecule has 0 unspecified atom stereocenters. The Hall–Kier alpha value is -4.07. The fourth-order valence-electron chi connectivity index (χ4n) is 5.47. The molecule has 4 aliphatic heterocycles. The largest absolute Gasteiger partial charge is 0.465 e. The Morgan fingerprint density at radius 3 is 1.67 bits per heavy atom. The van der Waals surface area contributed by atoms with Gasteiger partial charge in [-0.15, -0.1) is 12.4 Å². The zero-order chi connectivity index (χ0) is 29.3. The van der Waals surface area contributed by atoms with Gasteiger partial charge < -0.3 is 30.9 Å². The summed E-state index contributed by atoms with van der Waals surface area (Å²) in [6.45, 7) is 4.54. The first-order chi connectivity index (χ1) is 19.7. The van der Waals surface area contributed by atoms with Gasteiger partial charge in [0.05, 0.1) is 18.8 Å². The van der Waals surface area contributed by atoms with E-state index < -0.39 is 12.2 Å². The second-order valence-corrected chi connectivity index (χ2v) is 10.2. The number of hydrogen-bond acceptors (Lipinski definition) is 8. The number of carbonyl (C=O) groups excluding carboxylic acids is 3. The van der Waals surface area contributed by atoms with Gasteiger partial charge in [0, 0.05) is 49.7 Å². The van der Waals surface area contributed by atoms with Crippen molar-refractivity contribution in [2.45, 2.75) is 45.8 Å². The van der Waals surface area contributed by atoms with Gasteiger partial charge >= 0.3 is 18.3 Å². The smallest absolute Gasteiger partial charge is 0.414 e. The lowest BCUT2D eigenvalue weighted by molar-refractivity contribution is -0.118. The zero-order valence-electron chi connectivity index (χ0n) is 23.2. The Kier molecular flexibility index (Phi) is 10.8. The van der Waals surface area contributed by atoms with Crippen molar-refractivity contribution in [3.05, 3.63) is 47.5 Å². The minimum absolute atomic E-state index is 0. The summed E-state index contributed by atoms with van der Waals surface area (Å²) in [4.78, 5) is 52.8. The number of hydrogen-bond donors (Lipinski definition) is 3. The van der Waals surface area contributed by atoms with Gasteiger partial charge in [0.2, 0.25) is 5.91 Å². The molecule has 4 amide bonds. The van der Waals surface area contributed by atoms with Crippen LogP contribution in [0.5, 0.6) is 0 Å². The number of benzene rings is 2. The highest BCUT2D eigenvalue weighted by molar-refractivity contribution is 5.97. The van der Waals surface area contributed by atoms with Crippen LogP contribution in [0.2, 0.25) is 0 Å². The maximum absolute atomic E-state index is 11.9. The third kappa shape index (κ3) is 6.63. The minimum atomic E-state index is -0.958. The maximum Gasteiger partial charge on any atom is 0.414 e. The molecule has 0 saturated carbocycles. The molecule has 4 aliphatic rings. The Morgan fingerprint density at radius 1 is 0.837 bits per heavy atom. The van der Waals surface area contributed by atoms with Crippen LogP contribution in [0, 0.1) is 0 Å². The van der Waals surface area contributed by atoms with Crippen LogP contribution in [-0.4, -0.2) is 80.8 Å². The van der Waals surface area contributed by atoms with Gasteiger partial charge in [-0.1, -0.05) is 14.4 Å². The van der Waals surface area contributed by atoms with Crippen LogP contribution in [-0.2, 0) is 27.1 Å². The highest BCUT2D eigenvalue weighted by Gasteiger charge is 2.34. The molecule has 2 aromatic carbocycles. The number of amides is 4. The molecule has 2 aromatic rings. The van der Waals surface area contributed by atoms with E-state index in [1.807, 2.05) is 36.1 Å². The van der Waals surface area contributed by atoms with Gasteiger partial charge in [-0.05, 0) is 60.4 Å². The van der Waals surface area contributed by atoms with Crippen LogP contribution in [0.1, 0.15) is 31.9 Å². The molecule has 2 fully saturated rings. The molecular weight excluding hydrogens is 580 g/mol. The van der Waals surface area contributed by atoms with Gasteiger partial charge in [0.1, 0.15) is 12.2 Å². The van der Waals surface area contributed by atoms with Crippen LogP contribution in [0.15, 0.2) is 36.4 Å². The molecule has 2 atom stereocenters. The Bertz CT molecular complexity index is 1370. The summed E-state index contributed by atoms with van der Waals surface area (Å²) in [5.74, 6) is 0.130. The summed E-state index contributed by atoms with van der Waals surface area (Å²) in [6.07, 6.45) is -0.289. The Labute approximate surface area is 256 Å². The van der Waals surface area contributed by atoms with Crippen LogP contribution >= 0.6 is 12.4 Å². The molecule has 0 spiro atoms. The van der Waals surface area contributed by atoms with Crippen LogP contribution in [0.3, 0.4) is 0 Å². The number of nitrogens with zero attached hydrogens (tertiary/aromatic N) is 4. The van der Waals surface area contributed by atoms with E-state index in [9.17, 15) is 19.2 Å². The second kappa shape index (κ2) is 13.9. The predicted molar refractivity (Wildman–Crippen MR) is 166 cm³/mol. The molecule has 0 aliphatic carbocycles. The summed E-state index contributed by atoms with van der Waals surface area (Å²) in [6, 6.07) is 11.1. The third-order valence-corrected chi connectivity index (χ3v) is 7.65. The monoisotopic (exact) mass is 618 g/mol. The van der Waals surface area contributed by atoms with Gasteiger partial charge in [-0.3, -0.25) is 19.5 Å². The number of rotatable bonds is 5.